The normalized spacial score (nSPS) is 44.7. The van der Waals surface area contributed by atoms with Crippen molar-refractivity contribution in [3.05, 3.63) is 0 Å². The van der Waals surface area contributed by atoms with Crippen molar-refractivity contribution in [2.24, 2.45) is 34.2 Å². The van der Waals surface area contributed by atoms with Gasteiger partial charge in [0.15, 0.2) is 0 Å². The van der Waals surface area contributed by atoms with E-state index in [9.17, 15) is 23.1 Å². The van der Waals surface area contributed by atoms with Gasteiger partial charge in [-0.25, -0.2) is 5.14 Å². The molecule has 26 heavy (non-hydrogen) atoms. The molecular formula is C16H25NO8S. The molecule has 1 saturated heterocycles. The summed E-state index contributed by atoms with van der Waals surface area (Å²) in [5, 5.41) is 16.7. The minimum Gasteiger partial charge on any atom is -0.469 e. The molecule has 1 heterocycles. The summed E-state index contributed by atoms with van der Waals surface area (Å²) in [5.74, 6) is -3.96. The lowest BCUT2D eigenvalue weighted by atomic mass is 9.52. The number of ether oxygens (including phenoxy) is 2. The van der Waals surface area contributed by atoms with Gasteiger partial charge in [0.25, 0.3) is 0 Å². The first-order chi connectivity index (χ1) is 11.9. The van der Waals surface area contributed by atoms with Gasteiger partial charge in [-0.05, 0) is 18.8 Å². The fourth-order valence-corrected chi connectivity index (χ4v) is 6.03. The SMILES string of the molecule is COC(=O)[C@H]1[C@H](C(C)C)[C@@H](OS(N)(=O)=O)[C@H]2OC(=O)[C@H]3CC[C@]1(O)[C@]32C. The van der Waals surface area contributed by atoms with E-state index in [0.717, 1.165) is 0 Å². The lowest BCUT2D eigenvalue weighted by Gasteiger charge is -2.55. The summed E-state index contributed by atoms with van der Waals surface area (Å²) in [6.07, 6.45) is -1.67. The van der Waals surface area contributed by atoms with Crippen molar-refractivity contribution >= 4 is 22.2 Å². The molecule has 0 radical (unpaired) electrons. The molecular weight excluding hydrogens is 366 g/mol. The molecule has 2 aliphatic carbocycles. The van der Waals surface area contributed by atoms with Gasteiger partial charge >= 0.3 is 22.2 Å². The smallest absolute Gasteiger partial charge is 0.333 e. The van der Waals surface area contributed by atoms with E-state index in [-0.39, 0.29) is 12.3 Å². The van der Waals surface area contributed by atoms with Gasteiger partial charge in [-0.15, -0.1) is 0 Å². The Bertz CT molecular complexity index is 737. The zero-order chi connectivity index (χ0) is 19.7. The van der Waals surface area contributed by atoms with Crippen LogP contribution in [-0.2, 0) is 33.6 Å². The van der Waals surface area contributed by atoms with Crippen LogP contribution in [-0.4, -0.2) is 50.4 Å². The van der Waals surface area contributed by atoms with Crippen LogP contribution in [0.5, 0.6) is 0 Å². The lowest BCUT2D eigenvalue weighted by Crippen LogP contribution is -2.69. The van der Waals surface area contributed by atoms with Crippen LogP contribution in [0, 0.1) is 29.1 Å². The maximum Gasteiger partial charge on any atom is 0.333 e. The fourth-order valence-electron chi connectivity index (χ4n) is 5.49. The molecule has 3 rings (SSSR count). The average Bonchev–Trinajstić information content (AvgIpc) is 2.94. The van der Waals surface area contributed by atoms with Crippen molar-refractivity contribution in [1.82, 2.24) is 0 Å². The molecule has 0 bridgehead atoms. The molecule has 2 saturated carbocycles. The Morgan fingerprint density at radius 1 is 1.42 bits per heavy atom. The summed E-state index contributed by atoms with van der Waals surface area (Å²) < 4.78 is 38.9. The Hall–Kier alpha value is -1.23. The molecule has 1 aliphatic heterocycles. The zero-order valence-corrected chi connectivity index (χ0v) is 16.0. The Morgan fingerprint density at radius 3 is 2.54 bits per heavy atom. The highest BCUT2D eigenvalue weighted by molar-refractivity contribution is 7.84. The number of aliphatic hydroxyl groups is 1. The number of carbonyl (C=O) groups excluding carboxylic acids is 2. The van der Waals surface area contributed by atoms with E-state index in [1.54, 1.807) is 20.8 Å². The number of hydrogen-bond donors (Lipinski definition) is 2. The molecule has 0 unspecified atom stereocenters. The van der Waals surface area contributed by atoms with E-state index in [4.69, 9.17) is 18.8 Å². The maximum absolute atomic E-state index is 12.7. The molecule has 9 nitrogen and oxygen atoms in total. The van der Waals surface area contributed by atoms with Crippen LogP contribution in [0.25, 0.3) is 0 Å². The molecule has 0 aromatic rings. The van der Waals surface area contributed by atoms with E-state index in [1.807, 2.05) is 0 Å². The van der Waals surface area contributed by atoms with Crippen molar-refractivity contribution in [3.63, 3.8) is 0 Å². The molecule has 3 N–H and O–H groups in total. The van der Waals surface area contributed by atoms with Gasteiger partial charge in [0.1, 0.15) is 12.2 Å². The highest BCUT2D eigenvalue weighted by Gasteiger charge is 2.78. The van der Waals surface area contributed by atoms with Gasteiger partial charge in [-0.2, -0.15) is 8.42 Å². The largest absolute Gasteiger partial charge is 0.469 e. The van der Waals surface area contributed by atoms with E-state index in [2.05, 4.69) is 0 Å². The van der Waals surface area contributed by atoms with Crippen molar-refractivity contribution in [1.29, 1.82) is 0 Å². The lowest BCUT2D eigenvalue weighted by molar-refractivity contribution is -0.232. The molecule has 0 spiro atoms. The van der Waals surface area contributed by atoms with Gasteiger partial charge in [0, 0.05) is 5.92 Å². The fraction of sp³-hybridized carbons (Fsp3) is 0.875. The summed E-state index contributed by atoms with van der Waals surface area (Å²) in [6, 6.07) is 0. The Kier molecular flexibility index (Phi) is 4.42. The van der Waals surface area contributed by atoms with E-state index < -0.39 is 63.2 Å². The van der Waals surface area contributed by atoms with Gasteiger partial charge < -0.3 is 14.6 Å². The molecule has 7 atom stereocenters. The van der Waals surface area contributed by atoms with Crippen molar-refractivity contribution < 1.29 is 36.8 Å². The monoisotopic (exact) mass is 391 g/mol. The maximum atomic E-state index is 12.7. The first-order valence-electron chi connectivity index (χ1n) is 8.60. The minimum atomic E-state index is -4.39. The number of methoxy groups -OCH3 is 1. The second kappa shape index (κ2) is 5.88. The predicted molar refractivity (Wildman–Crippen MR) is 87.5 cm³/mol. The van der Waals surface area contributed by atoms with Crippen LogP contribution in [0.1, 0.15) is 33.6 Å². The number of nitrogens with two attached hydrogens (primary N) is 1. The van der Waals surface area contributed by atoms with Gasteiger partial charge in [0.2, 0.25) is 0 Å². The number of carbonyl (C=O) groups is 2. The minimum absolute atomic E-state index is 0.213. The van der Waals surface area contributed by atoms with Crippen LogP contribution in [0.15, 0.2) is 0 Å². The molecule has 3 aliphatic rings. The van der Waals surface area contributed by atoms with Crippen molar-refractivity contribution in [2.45, 2.75) is 51.4 Å². The van der Waals surface area contributed by atoms with Crippen molar-refractivity contribution in [2.75, 3.05) is 7.11 Å². The summed E-state index contributed by atoms with van der Waals surface area (Å²) in [4.78, 5) is 25.0. The summed E-state index contributed by atoms with van der Waals surface area (Å²) in [6.45, 7) is 5.19. The zero-order valence-electron chi connectivity index (χ0n) is 15.2. The standard InChI is InChI=1S/C16H25NO8S/c1-7(2)9-10(14(19)23-4)16(20)6-5-8-13(18)24-12(15(8,16)3)11(9)25-26(17,21)22/h7-12,20H,5-6H2,1-4H3,(H2,17,21,22)/t8-,9+,10-,11-,12-,15-,16-/m1/s1. The van der Waals surface area contributed by atoms with Gasteiger partial charge in [0.05, 0.1) is 30.0 Å². The van der Waals surface area contributed by atoms with Crippen LogP contribution in [0.3, 0.4) is 0 Å². The van der Waals surface area contributed by atoms with E-state index in [0.29, 0.717) is 6.42 Å². The third-order valence-corrected chi connectivity index (χ3v) is 7.13. The number of esters is 2. The summed E-state index contributed by atoms with van der Waals surface area (Å²) in [5.41, 5.74) is -2.75. The highest BCUT2D eigenvalue weighted by Crippen LogP contribution is 2.66. The Balaban J connectivity index is 2.22. The summed E-state index contributed by atoms with van der Waals surface area (Å²) in [7, 11) is -3.18. The molecule has 0 amide bonds. The van der Waals surface area contributed by atoms with Gasteiger partial charge in [-0.3, -0.25) is 13.8 Å². The summed E-state index contributed by atoms with van der Waals surface area (Å²) >= 11 is 0. The third-order valence-electron chi connectivity index (χ3n) is 6.64. The molecule has 0 aromatic heterocycles. The van der Waals surface area contributed by atoms with Crippen LogP contribution < -0.4 is 5.14 Å². The predicted octanol–water partition coefficient (Wildman–Crippen LogP) is -0.277. The van der Waals surface area contributed by atoms with Crippen LogP contribution in [0.2, 0.25) is 0 Å². The van der Waals surface area contributed by atoms with Gasteiger partial charge in [-0.1, -0.05) is 20.8 Å². The number of rotatable bonds is 4. The molecule has 3 fully saturated rings. The second-order valence-electron chi connectivity index (χ2n) is 8.03. The van der Waals surface area contributed by atoms with E-state index in [1.165, 1.54) is 7.11 Å². The highest BCUT2D eigenvalue weighted by atomic mass is 32.2. The quantitative estimate of drug-likeness (QED) is 0.623. The second-order valence-corrected chi connectivity index (χ2v) is 9.21. The first-order valence-corrected chi connectivity index (χ1v) is 10.1. The van der Waals surface area contributed by atoms with Crippen LogP contribution in [0.4, 0.5) is 0 Å². The Labute approximate surface area is 152 Å². The third kappa shape index (κ3) is 2.42. The molecule has 10 heteroatoms. The topological polar surface area (TPSA) is 142 Å². The van der Waals surface area contributed by atoms with Crippen molar-refractivity contribution in [3.8, 4) is 0 Å². The Morgan fingerprint density at radius 2 is 2.04 bits per heavy atom. The molecule has 148 valence electrons. The van der Waals surface area contributed by atoms with E-state index >= 15 is 0 Å². The molecule has 0 aromatic carbocycles. The number of hydrogen-bond acceptors (Lipinski definition) is 8. The van der Waals surface area contributed by atoms with Crippen LogP contribution >= 0.6 is 0 Å². The first kappa shape index (κ1) is 19.5. The average molecular weight is 391 g/mol.